The summed E-state index contributed by atoms with van der Waals surface area (Å²) in [6.07, 6.45) is 0.814. The van der Waals surface area contributed by atoms with Crippen LogP contribution in [0.25, 0.3) is 0 Å². The molecule has 0 radical (unpaired) electrons. The molecule has 1 aliphatic rings. The third-order valence-electron chi connectivity index (χ3n) is 4.25. The lowest BCUT2D eigenvalue weighted by Gasteiger charge is -2.34. The van der Waals surface area contributed by atoms with Crippen molar-refractivity contribution in [1.29, 1.82) is 5.26 Å². The highest BCUT2D eigenvalue weighted by atomic mass is 16.5. The van der Waals surface area contributed by atoms with Crippen LogP contribution in [0.15, 0.2) is 40.8 Å². The number of carbonyl (C=O) groups excluding carboxylic acids is 1. The maximum absolute atomic E-state index is 12.6. The number of amides is 2. The molecule has 1 aliphatic heterocycles. The SMILES string of the molecule is CCc1ccc([C@H]2COCCN2C(=O)NCc2cccc(C#N)c2)o1. The Morgan fingerprint density at radius 2 is 2.28 bits per heavy atom. The Hall–Kier alpha value is -2.78. The second-order valence-corrected chi connectivity index (χ2v) is 5.91. The summed E-state index contributed by atoms with van der Waals surface area (Å²) in [7, 11) is 0. The van der Waals surface area contributed by atoms with E-state index in [-0.39, 0.29) is 12.1 Å². The minimum absolute atomic E-state index is 0.162. The van der Waals surface area contributed by atoms with Crippen molar-refractivity contribution in [2.45, 2.75) is 25.9 Å². The summed E-state index contributed by atoms with van der Waals surface area (Å²) in [5.74, 6) is 1.65. The van der Waals surface area contributed by atoms with Crippen LogP contribution >= 0.6 is 0 Å². The fourth-order valence-electron chi connectivity index (χ4n) is 2.88. The zero-order valence-corrected chi connectivity index (χ0v) is 14.2. The van der Waals surface area contributed by atoms with E-state index in [1.54, 1.807) is 17.0 Å². The van der Waals surface area contributed by atoms with Gasteiger partial charge < -0.3 is 19.4 Å². The highest BCUT2D eigenvalue weighted by Gasteiger charge is 2.30. The van der Waals surface area contributed by atoms with E-state index in [1.165, 1.54) is 0 Å². The average molecular weight is 339 g/mol. The van der Waals surface area contributed by atoms with Crippen LogP contribution in [0, 0.1) is 11.3 Å². The Kier molecular flexibility index (Phi) is 5.36. The molecule has 25 heavy (non-hydrogen) atoms. The van der Waals surface area contributed by atoms with Gasteiger partial charge in [0.1, 0.15) is 17.6 Å². The summed E-state index contributed by atoms with van der Waals surface area (Å²) < 4.78 is 11.3. The number of hydrogen-bond acceptors (Lipinski definition) is 4. The van der Waals surface area contributed by atoms with Crippen molar-refractivity contribution >= 4 is 6.03 Å². The minimum atomic E-state index is -0.223. The summed E-state index contributed by atoms with van der Waals surface area (Å²) in [5, 5.41) is 11.9. The zero-order chi connectivity index (χ0) is 17.6. The summed E-state index contributed by atoms with van der Waals surface area (Å²) in [5.41, 5.74) is 1.47. The van der Waals surface area contributed by atoms with Crippen molar-refractivity contribution in [2.24, 2.45) is 0 Å². The molecule has 0 spiro atoms. The van der Waals surface area contributed by atoms with Gasteiger partial charge in [-0.3, -0.25) is 0 Å². The molecule has 3 rings (SSSR count). The molecule has 1 atom stereocenters. The lowest BCUT2D eigenvalue weighted by molar-refractivity contribution is 0.00392. The number of nitrogens with one attached hydrogen (secondary N) is 1. The van der Waals surface area contributed by atoms with E-state index in [0.29, 0.717) is 31.9 Å². The van der Waals surface area contributed by atoms with E-state index in [4.69, 9.17) is 14.4 Å². The first kappa shape index (κ1) is 17.1. The van der Waals surface area contributed by atoms with Crippen molar-refractivity contribution in [3.8, 4) is 6.07 Å². The summed E-state index contributed by atoms with van der Waals surface area (Å²) in [6.45, 7) is 3.84. The predicted molar refractivity (Wildman–Crippen MR) is 91.7 cm³/mol. The van der Waals surface area contributed by atoms with E-state index in [9.17, 15) is 4.79 Å². The van der Waals surface area contributed by atoms with Crippen molar-refractivity contribution in [3.63, 3.8) is 0 Å². The molecule has 130 valence electrons. The number of aryl methyl sites for hydroxylation is 1. The smallest absolute Gasteiger partial charge is 0.318 e. The zero-order valence-electron chi connectivity index (χ0n) is 14.2. The minimum Gasteiger partial charge on any atom is -0.464 e. The molecule has 1 fully saturated rings. The standard InChI is InChI=1S/C19H21N3O3/c1-2-16-6-7-18(25-16)17-13-24-9-8-22(17)19(23)21-12-15-5-3-4-14(10-15)11-20/h3-7,10,17H,2,8-9,12-13H2,1H3,(H,21,23)/t17-/m1/s1. The molecular weight excluding hydrogens is 318 g/mol. The number of furan rings is 1. The van der Waals surface area contributed by atoms with Gasteiger partial charge in [-0.15, -0.1) is 0 Å². The third-order valence-corrected chi connectivity index (χ3v) is 4.25. The summed E-state index contributed by atoms with van der Waals surface area (Å²) >= 11 is 0. The third kappa shape index (κ3) is 4.01. The Labute approximate surface area is 147 Å². The molecule has 1 aromatic carbocycles. The number of nitrogens with zero attached hydrogens (tertiary/aromatic N) is 2. The molecule has 0 aliphatic carbocycles. The van der Waals surface area contributed by atoms with E-state index >= 15 is 0 Å². The Bertz CT molecular complexity index is 778. The quantitative estimate of drug-likeness (QED) is 0.929. The fraction of sp³-hybridized carbons (Fsp3) is 0.368. The fourth-order valence-corrected chi connectivity index (χ4v) is 2.88. The van der Waals surface area contributed by atoms with Crippen LogP contribution in [0.5, 0.6) is 0 Å². The van der Waals surface area contributed by atoms with Crippen LogP contribution < -0.4 is 5.32 Å². The number of rotatable bonds is 4. The van der Waals surface area contributed by atoms with Crippen LogP contribution in [0.4, 0.5) is 4.79 Å². The van der Waals surface area contributed by atoms with Crippen LogP contribution in [0.1, 0.15) is 35.6 Å². The van der Waals surface area contributed by atoms with Gasteiger partial charge in [-0.05, 0) is 29.8 Å². The number of hydrogen-bond donors (Lipinski definition) is 1. The Morgan fingerprint density at radius 1 is 1.40 bits per heavy atom. The van der Waals surface area contributed by atoms with Gasteiger partial charge >= 0.3 is 6.03 Å². The molecule has 0 saturated carbocycles. The second kappa shape index (κ2) is 7.86. The molecule has 6 heteroatoms. The molecule has 2 amide bonds. The molecule has 1 aromatic heterocycles. The van der Waals surface area contributed by atoms with Gasteiger partial charge in [-0.1, -0.05) is 19.1 Å². The summed E-state index contributed by atoms with van der Waals surface area (Å²) in [6, 6.07) is 12.8. The largest absolute Gasteiger partial charge is 0.464 e. The molecule has 0 bridgehead atoms. The van der Waals surface area contributed by atoms with E-state index in [1.807, 2.05) is 31.2 Å². The van der Waals surface area contributed by atoms with E-state index < -0.39 is 0 Å². The van der Waals surface area contributed by atoms with Gasteiger partial charge in [0, 0.05) is 19.5 Å². The van der Waals surface area contributed by atoms with Crippen molar-refractivity contribution in [2.75, 3.05) is 19.8 Å². The normalized spacial score (nSPS) is 17.1. The average Bonchev–Trinajstić information content (AvgIpc) is 3.15. The molecular formula is C19H21N3O3. The number of carbonyl (C=O) groups is 1. The molecule has 1 N–H and O–H groups in total. The number of benzene rings is 1. The summed E-state index contributed by atoms with van der Waals surface area (Å²) in [4.78, 5) is 14.4. The molecule has 2 aromatic rings. The lowest BCUT2D eigenvalue weighted by Crippen LogP contribution is -2.47. The first-order valence-corrected chi connectivity index (χ1v) is 8.41. The Balaban J connectivity index is 1.67. The number of urea groups is 1. The van der Waals surface area contributed by atoms with Gasteiger partial charge in [-0.25, -0.2) is 4.79 Å². The van der Waals surface area contributed by atoms with Crippen LogP contribution in [-0.2, 0) is 17.7 Å². The van der Waals surface area contributed by atoms with Gasteiger partial charge in [-0.2, -0.15) is 5.26 Å². The van der Waals surface area contributed by atoms with Crippen LogP contribution in [0.3, 0.4) is 0 Å². The van der Waals surface area contributed by atoms with Gasteiger partial charge in [0.15, 0.2) is 0 Å². The number of nitriles is 1. The van der Waals surface area contributed by atoms with Crippen molar-refractivity contribution in [1.82, 2.24) is 10.2 Å². The Morgan fingerprint density at radius 3 is 3.04 bits per heavy atom. The lowest BCUT2D eigenvalue weighted by atomic mass is 10.1. The number of morpholine rings is 1. The number of ether oxygens (including phenoxy) is 1. The molecule has 0 unspecified atom stereocenters. The van der Waals surface area contributed by atoms with Crippen LogP contribution in [-0.4, -0.2) is 30.7 Å². The molecule has 2 heterocycles. The molecule has 1 saturated heterocycles. The maximum Gasteiger partial charge on any atom is 0.318 e. The second-order valence-electron chi connectivity index (χ2n) is 5.91. The first-order chi connectivity index (χ1) is 12.2. The highest BCUT2D eigenvalue weighted by Crippen LogP contribution is 2.26. The topological polar surface area (TPSA) is 78.5 Å². The van der Waals surface area contributed by atoms with Crippen molar-refractivity contribution in [3.05, 3.63) is 59.0 Å². The van der Waals surface area contributed by atoms with E-state index in [2.05, 4.69) is 11.4 Å². The first-order valence-electron chi connectivity index (χ1n) is 8.41. The van der Waals surface area contributed by atoms with E-state index in [0.717, 1.165) is 23.5 Å². The predicted octanol–water partition coefficient (Wildman–Crippen LogP) is 3.00. The maximum atomic E-state index is 12.6. The monoisotopic (exact) mass is 339 g/mol. The van der Waals surface area contributed by atoms with Gasteiger partial charge in [0.05, 0.1) is 24.8 Å². The van der Waals surface area contributed by atoms with Gasteiger partial charge in [0.2, 0.25) is 0 Å². The van der Waals surface area contributed by atoms with Gasteiger partial charge in [0.25, 0.3) is 0 Å². The highest BCUT2D eigenvalue weighted by molar-refractivity contribution is 5.74. The van der Waals surface area contributed by atoms with Crippen LogP contribution in [0.2, 0.25) is 0 Å². The van der Waals surface area contributed by atoms with Crippen molar-refractivity contribution < 1.29 is 13.9 Å². The molecule has 6 nitrogen and oxygen atoms in total.